The van der Waals surface area contributed by atoms with Crippen molar-refractivity contribution >= 4 is 23.6 Å². The van der Waals surface area contributed by atoms with Gasteiger partial charge >= 0.3 is 6.09 Å². The van der Waals surface area contributed by atoms with Crippen molar-refractivity contribution in [2.75, 3.05) is 5.32 Å². The van der Waals surface area contributed by atoms with Crippen molar-refractivity contribution in [1.82, 2.24) is 10.2 Å². The molecule has 0 aromatic heterocycles. The summed E-state index contributed by atoms with van der Waals surface area (Å²) >= 11 is 0. The van der Waals surface area contributed by atoms with Crippen LogP contribution in [0.2, 0.25) is 0 Å². The van der Waals surface area contributed by atoms with Crippen LogP contribution in [0.5, 0.6) is 0 Å². The Labute approximate surface area is 209 Å². The monoisotopic (exact) mass is 481 g/mol. The van der Waals surface area contributed by atoms with Crippen LogP contribution in [0, 0.1) is 6.92 Å². The molecule has 190 valence electrons. The minimum Gasteiger partial charge on any atom is -0.444 e. The fraction of sp³-hybridized carbons (Fsp3) is 0.464. The molecular formula is C28H39N3O4. The number of ether oxygens (including phenoxy) is 1. The molecule has 0 aliphatic carbocycles. The Bertz CT molecular complexity index is 1030. The largest absolute Gasteiger partial charge is 0.444 e. The van der Waals surface area contributed by atoms with E-state index in [0.717, 1.165) is 17.5 Å². The molecule has 0 aliphatic rings. The minimum atomic E-state index is -0.893. The molecule has 0 bridgehead atoms. The van der Waals surface area contributed by atoms with Crippen LogP contribution in [-0.4, -0.2) is 40.5 Å². The Kier molecular flexibility index (Phi) is 9.46. The van der Waals surface area contributed by atoms with Gasteiger partial charge in [-0.3, -0.25) is 9.59 Å². The zero-order valence-electron chi connectivity index (χ0n) is 22.1. The van der Waals surface area contributed by atoms with E-state index in [9.17, 15) is 14.4 Å². The molecule has 2 rings (SSSR count). The Hall–Kier alpha value is -3.35. The first-order valence-electron chi connectivity index (χ1n) is 12.1. The summed E-state index contributed by atoms with van der Waals surface area (Å²) in [7, 11) is 0. The third-order valence-corrected chi connectivity index (χ3v) is 5.55. The molecule has 3 amide bonds. The van der Waals surface area contributed by atoms with Crippen LogP contribution in [-0.2, 0) is 20.7 Å². The lowest BCUT2D eigenvalue weighted by Gasteiger charge is -2.36. The van der Waals surface area contributed by atoms with Crippen LogP contribution in [0.15, 0.2) is 48.5 Å². The summed E-state index contributed by atoms with van der Waals surface area (Å²) in [5.74, 6) is -0.703. The predicted molar refractivity (Wildman–Crippen MR) is 139 cm³/mol. The average Bonchev–Trinajstić information content (AvgIpc) is 2.77. The van der Waals surface area contributed by atoms with E-state index in [1.165, 1.54) is 4.90 Å². The fourth-order valence-electron chi connectivity index (χ4n) is 3.74. The second-order valence-electron chi connectivity index (χ2n) is 10.0. The Morgan fingerprint density at radius 3 is 2.09 bits per heavy atom. The number of carbonyl (C=O) groups is 3. The zero-order valence-corrected chi connectivity index (χ0v) is 22.1. The van der Waals surface area contributed by atoms with Crippen LogP contribution in [0.4, 0.5) is 10.5 Å². The Balaban J connectivity index is 2.43. The van der Waals surface area contributed by atoms with Crippen LogP contribution in [0.1, 0.15) is 71.2 Å². The molecule has 2 aromatic carbocycles. The van der Waals surface area contributed by atoms with Gasteiger partial charge in [-0.1, -0.05) is 49.4 Å². The number of anilines is 1. The summed E-state index contributed by atoms with van der Waals surface area (Å²) in [6, 6.07) is 13.1. The number of nitrogens with zero attached hydrogens (tertiary/aromatic N) is 1. The predicted octanol–water partition coefficient (Wildman–Crippen LogP) is 5.39. The summed E-state index contributed by atoms with van der Waals surface area (Å²) in [5, 5.41) is 5.60. The van der Waals surface area contributed by atoms with E-state index in [1.54, 1.807) is 27.7 Å². The number of aryl methyl sites for hydroxylation is 2. The van der Waals surface area contributed by atoms with E-state index < -0.39 is 23.8 Å². The first-order chi connectivity index (χ1) is 16.3. The molecule has 7 heteroatoms. The molecule has 2 N–H and O–H groups in total. The third kappa shape index (κ3) is 7.84. The normalized spacial score (nSPS) is 13.1. The first-order valence-corrected chi connectivity index (χ1v) is 12.1. The number of carbonyl (C=O) groups excluding carboxylic acids is 3. The summed E-state index contributed by atoms with van der Waals surface area (Å²) in [5.41, 5.74) is 2.74. The SMILES string of the molecule is CCc1ccc(C(C(=O)Nc2ccccc2C)N(C(=O)C(C)NC(=O)OC(C)(C)C)C(C)C)cc1. The van der Waals surface area contributed by atoms with Gasteiger partial charge in [0.1, 0.15) is 17.7 Å². The smallest absolute Gasteiger partial charge is 0.408 e. The van der Waals surface area contributed by atoms with Gasteiger partial charge in [0.05, 0.1) is 0 Å². The molecule has 0 aliphatic heterocycles. The summed E-state index contributed by atoms with van der Waals surface area (Å²) in [6.07, 6.45) is 0.180. The van der Waals surface area contributed by atoms with E-state index in [1.807, 2.05) is 69.3 Å². The van der Waals surface area contributed by atoms with Gasteiger partial charge in [0.2, 0.25) is 5.91 Å². The maximum absolute atomic E-state index is 13.7. The van der Waals surface area contributed by atoms with Crippen molar-refractivity contribution in [2.45, 2.75) is 85.5 Å². The van der Waals surface area contributed by atoms with E-state index in [4.69, 9.17) is 4.74 Å². The number of hydrogen-bond acceptors (Lipinski definition) is 4. The van der Waals surface area contributed by atoms with Crippen LogP contribution in [0.25, 0.3) is 0 Å². The molecule has 35 heavy (non-hydrogen) atoms. The molecule has 0 heterocycles. The molecule has 0 radical (unpaired) electrons. The highest BCUT2D eigenvalue weighted by Gasteiger charge is 2.36. The molecule has 0 spiro atoms. The zero-order chi connectivity index (χ0) is 26.3. The summed E-state index contributed by atoms with van der Waals surface area (Å²) < 4.78 is 5.31. The van der Waals surface area contributed by atoms with Crippen molar-refractivity contribution < 1.29 is 19.1 Å². The van der Waals surface area contributed by atoms with Crippen molar-refractivity contribution in [1.29, 1.82) is 0 Å². The number of hydrogen-bond donors (Lipinski definition) is 2. The third-order valence-electron chi connectivity index (χ3n) is 5.55. The number of rotatable bonds is 8. The molecule has 7 nitrogen and oxygen atoms in total. The molecule has 2 aromatic rings. The van der Waals surface area contributed by atoms with E-state index in [-0.39, 0.29) is 17.9 Å². The van der Waals surface area contributed by atoms with Gasteiger partial charge in [0.25, 0.3) is 5.91 Å². The second-order valence-corrected chi connectivity index (χ2v) is 10.0. The van der Waals surface area contributed by atoms with Crippen molar-refractivity contribution in [3.8, 4) is 0 Å². The van der Waals surface area contributed by atoms with Crippen LogP contribution < -0.4 is 10.6 Å². The van der Waals surface area contributed by atoms with Gasteiger partial charge in [0.15, 0.2) is 0 Å². The number of benzene rings is 2. The molecule has 2 atom stereocenters. The lowest BCUT2D eigenvalue weighted by Crippen LogP contribution is -2.53. The fourth-order valence-corrected chi connectivity index (χ4v) is 3.74. The molecular weight excluding hydrogens is 442 g/mol. The topological polar surface area (TPSA) is 87.7 Å². The van der Waals surface area contributed by atoms with Crippen LogP contribution >= 0.6 is 0 Å². The lowest BCUT2D eigenvalue weighted by molar-refractivity contribution is -0.142. The minimum absolute atomic E-state index is 0.316. The van der Waals surface area contributed by atoms with E-state index >= 15 is 0 Å². The van der Waals surface area contributed by atoms with Gasteiger partial charge in [-0.2, -0.15) is 0 Å². The van der Waals surface area contributed by atoms with Crippen LogP contribution in [0.3, 0.4) is 0 Å². The van der Waals surface area contributed by atoms with Gasteiger partial charge in [0, 0.05) is 11.7 Å². The van der Waals surface area contributed by atoms with Gasteiger partial charge < -0.3 is 20.3 Å². The maximum atomic E-state index is 13.7. The average molecular weight is 482 g/mol. The molecule has 0 saturated carbocycles. The second kappa shape index (κ2) is 11.9. The number of alkyl carbamates (subject to hydrolysis) is 1. The number of para-hydroxylation sites is 1. The standard InChI is InChI=1S/C28H39N3O4/c1-9-21-14-16-22(17-15-21)24(25(32)30-23-13-11-10-12-19(23)4)31(18(2)3)26(33)20(5)29-27(34)35-28(6,7)8/h10-18,20,24H,9H2,1-8H3,(H,29,34)(H,30,32). The van der Waals surface area contributed by atoms with Gasteiger partial charge in [-0.05, 0) is 77.6 Å². The lowest BCUT2D eigenvalue weighted by atomic mass is 9.99. The molecule has 2 unspecified atom stereocenters. The Morgan fingerprint density at radius 2 is 1.57 bits per heavy atom. The maximum Gasteiger partial charge on any atom is 0.408 e. The number of nitrogens with one attached hydrogen (secondary N) is 2. The first kappa shape index (κ1) is 27.9. The van der Waals surface area contributed by atoms with E-state index in [0.29, 0.717) is 11.3 Å². The molecule has 0 saturated heterocycles. The van der Waals surface area contributed by atoms with Crippen molar-refractivity contribution in [3.63, 3.8) is 0 Å². The Morgan fingerprint density at radius 1 is 0.971 bits per heavy atom. The highest BCUT2D eigenvalue weighted by Crippen LogP contribution is 2.27. The van der Waals surface area contributed by atoms with Gasteiger partial charge in [-0.25, -0.2) is 4.79 Å². The highest BCUT2D eigenvalue weighted by atomic mass is 16.6. The highest BCUT2D eigenvalue weighted by molar-refractivity contribution is 5.99. The van der Waals surface area contributed by atoms with Gasteiger partial charge in [-0.15, -0.1) is 0 Å². The van der Waals surface area contributed by atoms with Crippen molar-refractivity contribution in [3.05, 3.63) is 65.2 Å². The summed E-state index contributed by atoms with van der Waals surface area (Å²) in [4.78, 5) is 41.1. The molecule has 0 fully saturated rings. The van der Waals surface area contributed by atoms with Crippen molar-refractivity contribution in [2.24, 2.45) is 0 Å². The number of amides is 3. The summed E-state index contributed by atoms with van der Waals surface area (Å²) in [6.45, 7) is 14.5. The van der Waals surface area contributed by atoms with E-state index in [2.05, 4.69) is 17.6 Å². The quantitative estimate of drug-likeness (QED) is 0.529.